The molecule has 2 rings (SSSR count). The molecule has 0 saturated carbocycles. The molecule has 1 unspecified atom stereocenters. The second-order valence-electron chi connectivity index (χ2n) is 6.94. The molecule has 158 valence electrons. The zero-order chi connectivity index (χ0) is 20.4. The first-order valence-corrected chi connectivity index (χ1v) is 9.87. The average molecular weight is 396 g/mol. The summed E-state index contributed by atoms with van der Waals surface area (Å²) in [6.07, 6.45) is 3.87. The minimum Gasteiger partial charge on any atom is -0.479 e. The summed E-state index contributed by atoms with van der Waals surface area (Å²) in [6, 6.07) is 0. The van der Waals surface area contributed by atoms with E-state index in [2.05, 4.69) is 14.9 Å². The van der Waals surface area contributed by atoms with E-state index < -0.39 is 6.10 Å². The number of hydrogen-bond acceptors (Lipinski definition) is 9. The number of ether oxygens (including phenoxy) is 2. The largest absolute Gasteiger partial charge is 0.479 e. The van der Waals surface area contributed by atoms with E-state index in [0.29, 0.717) is 43.4 Å². The second kappa shape index (κ2) is 11.9. The van der Waals surface area contributed by atoms with Crippen molar-refractivity contribution < 1.29 is 19.7 Å². The summed E-state index contributed by atoms with van der Waals surface area (Å²) in [5, 5.41) is 19.5. The van der Waals surface area contributed by atoms with Gasteiger partial charge in [-0.05, 0) is 26.2 Å². The van der Waals surface area contributed by atoms with Crippen LogP contribution >= 0.6 is 0 Å². The van der Waals surface area contributed by atoms with E-state index in [1.807, 2.05) is 6.92 Å². The van der Waals surface area contributed by atoms with Crippen LogP contribution in [-0.2, 0) is 4.74 Å². The highest BCUT2D eigenvalue weighted by Gasteiger charge is 2.31. The maximum absolute atomic E-state index is 10.1. The lowest BCUT2D eigenvalue weighted by molar-refractivity contribution is 0.103. The van der Waals surface area contributed by atoms with Crippen molar-refractivity contribution in [1.82, 2.24) is 14.9 Å². The number of nitrogen functional groups attached to an aromatic ring is 1. The molecule has 9 heteroatoms. The van der Waals surface area contributed by atoms with Crippen LogP contribution in [0.25, 0.3) is 0 Å². The van der Waals surface area contributed by atoms with Gasteiger partial charge in [-0.2, -0.15) is 4.98 Å². The minimum atomic E-state index is -0.540. The number of aliphatic hydroxyl groups is 2. The number of unbranched alkanes of at least 4 members (excludes halogenated alkanes) is 2. The second-order valence-corrected chi connectivity index (χ2v) is 6.94. The summed E-state index contributed by atoms with van der Waals surface area (Å²) in [7, 11) is 1.51. The van der Waals surface area contributed by atoms with Crippen molar-refractivity contribution in [1.29, 1.82) is 0 Å². The van der Waals surface area contributed by atoms with Gasteiger partial charge in [-0.15, -0.1) is 0 Å². The summed E-state index contributed by atoms with van der Waals surface area (Å²) in [5.41, 5.74) is 7.84. The predicted octanol–water partition coefficient (Wildman–Crippen LogP) is 0.348. The van der Waals surface area contributed by atoms with Crippen LogP contribution in [0.4, 0.5) is 5.69 Å². The summed E-state index contributed by atoms with van der Waals surface area (Å²) >= 11 is 0. The maximum atomic E-state index is 10.1. The van der Waals surface area contributed by atoms with Crippen LogP contribution in [0, 0.1) is 5.92 Å². The number of anilines is 1. The molecule has 0 aromatic carbocycles. The number of methoxy groups -OCH3 is 1. The molecule has 1 aromatic heterocycles. The van der Waals surface area contributed by atoms with Crippen LogP contribution in [0.1, 0.15) is 31.9 Å². The highest BCUT2D eigenvalue weighted by Crippen LogP contribution is 2.22. The van der Waals surface area contributed by atoms with Crippen LogP contribution in [-0.4, -0.2) is 90.0 Å². The Morgan fingerprint density at radius 1 is 1.32 bits per heavy atom. The molecule has 2 heterocycles. The van der Waals surface area contributed by atoms with E-state index in [9.17, 15) is 10.2 Å². The number of likely N-dealkylation sites (tertiary alicyclic amines) is 1. The Morgan fingerprint density at radius 2 is 2.14 bits per heavy atom. The van der Waals surface area contributed by atoms with Crippen LogP contribution < -0.4 is 10.5 Å². The monoisotopic (exact) mass is 395 g/mol. The van der Waals surface area contributed by atoms with E-state index in [-0.39, 0.29) is 12.5 Å². The zero-order valence-electron chi connectivity index (χ0n) is 16.9. The molecule has 0 bridgehead atoms. The highest BCUT2D eigenvalue weighted by molar-refractivity contribution is 6.05. The third kappa shape index (κ3) is 6.37. The number of hydrogen-bond donors (Lipinski definition) is 3. The quantitative estimate of drug-likeness (QED) is 0.342. The van der Waals surface area contributed by atoms with Crippen LogP contribution in [0.2, 0.25) is 0 Å². The van der Waals surface area contributed by atoms with Gasteiger partial charge >= 0.3 is 0 Å². The van der Waals surface area contributed by atoms with Gasteiger partial charge in [0, 0.05) is 51.9 Å². The van der Waals surface area contributed by atoms with E-state index in [1.54, 1.807) is 0 Å². The molecular weight excluding hydrogens is 362 g/mol. The molecule has 4 N–H and O–H groups in total. The summed E-state index contributed by atoms with van der Waals surface area (Å²) in [4.78, 5) is 15.2. The Balaban J connectivity index is 2.07. The summed E-state index contributed by atoms with van der Waals surface area (Å²) in [5.74, 6) is 0.182. The van der Waals surface area contributed by atoms with E-state index in [1.165, 1.54) is 13.4 Å². The number of nitrogens with two attached hydrogens (primary N) is 1. The number of aromatic nitrogens is 2. The van der Waals surface area contributed by atoms with Crippen molar-refractivity contribution in [3.8, 4) is 5.88 Å². The Kier molecular flexibility index (Phi) is 9.56. The van der Waals surface area contributed by atoms with Gasteiger partial charge in [0.15, 0.2) is 0 Å². The first-order chi connectivity index (χ1) is 13.6. The molecule has 9 nitrogen and oxygen atoms in total. The van der Waals surface area contributed by atoms with Crippen molar-refractivity contribution in [2.45, 2.75) is 32.3 Å². The SMILES string of the molecule is CCOCCCCCN=C(CN1CC(O)[C@@H](CO)C1)c1ncnc(OC)c1N. The number of rotatable bonds is 12. The maximum Gasteiger partial charge on any atom is 0.240 e. The van der Waals surface area contributed by atoms with Crippen LogP contribution in [0.3, 0.4) is 0 Å². The molecule has 1 aromatic rings. The van der Waals surface area contributed by atoms with Crippen LogP contribution in [0.5, 0.6) is 5.88 Å². The molecule has 28 heavy (non-hydrogen) atoms. The number of aliphatic imine (C=N–C) groups is 1. The smallest absolute Gasteiger partial charge is 0.240 e. The normalized spacial score (nSPS) is 20.6. The highest BCUT2D eigenvalue weighted by atomic mass is 16.5. The average Bonchev–Trinajstić information content (AvgIpc) is 3.06. The molecule has 2 atom stereocenters. The molecule has 0 spiro atoms. The van der Waals surface area contributed by atoms with E-state index in [0.717, 1.165) is 38.2 Å². The van der Waals surface area contributed by atoms with Gasteiger partial charge in [-0.1, -0.05) is 0 Å². The van der Waals surface area contributed by atoms with Crippen LogP contribution in [0.15, 0.2) is 11.3 Å². The van der Waals surface area contributed by atoms with Crippen molar-refractivity contribution in [3.63, 3.8) is 0 Å². The Labute approximate surface area is 166 Å². The van der Waals surface area contributed by atoms with Gasteiger partial charge in [0.1, 0.15) is 17.7 Å². The Bertz CT molecular complexity index is 628. The molecule has 0 aliphatic carbocycles. The fourth-order valence-corrected chi connectivity index (χ4v) is 3.28. The van der Waals surface area contributed by atoms with Gasteiger partial charge in [-0.3, -0.25) is 9.89 Å². The molecular formula is C19H33N5O4. The predicted molar refractivity (Wildman–Crippen MR) is 108 cm³/mol. The topological polar surface area (TPSA) is 126 Å². The molecule has 1 aliphatic rings. The Hall–Kier alpha value is -1.81. The number of aliphatic hydroxyl groups excluding tert-OH is 2. The fraction of sp³-hybridized carbons (Fsp3) is 0.737. The summed E-state index contributed by atoms with van der Waals surface area (Å²) in [6.45, 7) is 5.73. The molecule has 1 aliphatic heterocycles. The van der Waals surface area contributed by atoms with Crippen molar-refractivity contribution >= 4 is 11.4 Å². The third-order valence-electron chi connectivity index (χ3n) is 4.86. The standard InChI is InChI=1S/C19H33N5O4/c1-3-28-8-6-4-5-7-21-15(10-24-9-14(12-25)16(26)11-24)18-17(20)19(27-2)23-13-22-18/h13-14,16,25-26H,3-12,20H2,1-2H3/t14-,16?/m1/s1. The minimum absolute atomic E-state index is 0.0343. The molecule has 0 amide bonds. The van der Waals surface area contributed by atoms with Gasteiger partial charge in [0.25, 0.3) is 0 Å². The first-order valence-electron chi connectivity index (χ1n) is 9.87. The third-order valence-corrected chi connectivity index (χ3v) is 4.86. The number of β-amino-alcohol motifs (C(OH)–C–C–N with tert-alkyl or cyclic N) is 1. The van der Waals surface area contributed by atoms with Crippen molar-refractivity contribution in [2.24, 2.45) is 10.9 Å². The van der Waals surface area contributed by atoms with E-state index in [4.69, 9.17) is 20.2 Å². The van der Waals surface area contributed by atoms with Gasteiger partial charge in [-0.25, -0.2) is 4.98 Å². The molecule has 1 saturated heterocycles. The van der Waals surface area contributed by atoms with Crippen molar-refractivity contribution in [2.75, 3.05) is 58.8 Å². The lowest BCUT2D eigenvalue weighted by atomic mass is 10.1. The summed E-state index contributed by atoms with van der Waals surface area (Å²) < 4.78 is 10.6. The molecule has 1 fully saturated rings. The van der Waals surface area contributed by atoms with Gasteiger partial charge in [0.05, 0.1) is 18.9 Å². The first kappa shape index (κ1) is 22.5. The number of nitrogens with zero attached hydrogens (tertiary/aromatic N) is 4. The van der Waals surface area contributed by atoms with E-state index >= 15 is 0 Å². The van der Waals surface area contributed by atoms with Crippen molar-refractivity contribution in [3.05, 3.63) is 12.0 Å². The zero-order valence-corrected chi connectivity index (χ0v) is 16.9. The lowest BCUT2D eigenvalue weighted by Crippen LogP contribution is -2.30. The van der Waals surface area contributed by atoms with Gasteiger partial charge < -0.3 is 25.4 Å². The van der Waals surface area contributed by atoms with Gasteiger partial charge in [0.2, 0.25) is 5.88 Å². The molecule has 0 radical (unpaired) electrons. The fourth-order valence-electron chi connectivity index (χ4n) is 3.28. The lowest BCUT2D eigenvalue weighted by Gasteiger charge is -2.18. The Morgan fingerprint density at radius 3 is 2.82 bits per heavy atom.